The maximum Gasteiger partial charge on any atom is 0.257 e. The van der Waals surface area contributed by atoms with Crippen molar-refractivity contribution in [3.63, 3.8) is 0 Å². The van der Waals surface area contributed by atoms with Crippen LogP contribution in [-0.4, -0.2) is 87.8 Å². The maximum atomic E-state index is 12.8. The SMILES string of the molecule is COc1ccc(C(=O)N2CCN(C(=O)C3CNCCO3)CC2)c(OC)c1.Cl. The molecule has 27 heavy (non-hydrogen) atoms. The first-order valence-electron chi connectivity index (χ1n) is 8.76. The van der Waals surface area contributed by atoms with E-state index in [9.17, 15) is 9.59 Å². The summed E-state index contributed by atoms with van der Waals surface area (Å²) in [5, 5.41) is 3.16. The molecule has 2 aliphatic rings. The lowest BCUT2D eigenvalue weighted by Gasteiger charge is -2.37. The zero-order chi connectivity index (χ0) is 18.5. The fourth-order valence-electron chi connectivity index (χ4n) is 3.20. The van der Waals surface area contributed by atoms with Crippen molar-refractivity contribution in [3.8, 4) is 11.5 Å². The van der Waals surface area contributed by atoms with Gasteiger partial charge in [-0.15, -0.1) is 12.4 Å². The number of rotatable bonds is 4. The van der Waals surface area contributed by atoms with Crippen LogP contribution in [-0.2, 0) is 9.53 Å². The van der Waals surface area contributed by atoms with Gasteiger partial charge in [0.1, 0.15) is 17.6 Å². The third-order valence-electron chi connectivity index (χ3n) is 4.72. The van der Waals surface area contributed by atoms with Crippen LogP contribution < -0.4 is 14.8 Å². The standard InChI is InChI=1S/C18H25N3O5.ClH/c1-24-13-3-4-14(15(11-13)25-2)17(22)20-6-8-21(9-7-20)18(23)16-12-19-5-10-26-16;/h3-4,11,16,19H,5-10,12H2,1-2H3;1H. The van der Waals surface area contributed by atoms with Crippen molar-refractivity contribution >= 4 is 24.2 Å². The maximum absolute atomic E-state index is 12.8. The molecule has 0 radical (unpaired) electrons. The molecule has 0 aromatic heterocycles. The number of nitrogens with one attached hydrogen (secondary N) is 1. The largest absolute Gasteiger partial charge is 0.497 e. The Hall–Kier alpha value is -2.03. The Morgan fingerprint density at radius 1 is 1.11 bits per heavy atom. The van der Waals surface area contributed by atoms with Crippen LogP contribution in [0.15, 0.2) is 18.2 Å². The van der Waals surface area contributed by atoms with Crippen LogP contribution in [0.2, 0.25) is 0 Å². The molecular formula is C18H26ClN3O5. The van der Waals surface area contributed by atoms with Gasteiger partial charge in [0.15, 0.2) is 0 Å². The fraction of sp³-hybridized carbons (Fsp3) is 0.556. The van der Waals surface area contributed by atoms with Gasteiger partial charge >= 0.3 is 0 Å². The second kappa shape index (κ2) is 9.77. The van der Waals surface area contributed by atoms with Crippen molar-refractivity contribution < 1.29 is 23.8 Å². The smallest absolute Gasteiger partial charge is 0.257 e. The summed E-state index contributed by atoms with van der Waals surface area (Å²) >= 11 is 0. The van der Waals surface area contributed by atoms with Gasteiger partial charge in [-0.05, 0) is 12.1 Å². The molecule has 1 N–H and O–H groups in total. The van der Waals surface area contributed by atoms with Gasteiger partial charge in [0.05, 0.1) is 26.4 Å². The minimum absolute atomic E-state index is 0. The zero-order valence-electron chi connectivity index (χ0n) is 15.6. The lowest BCUT2D eigenvalue weighted by Crippen LogP contribution is -2.56. The number of amides is 2. The zero-order valence-corrected chi connectivity index (χ0v) is 16.4. The Labute approximate surface area is 165 Å². The number of carbonyl (C=O) groups excluding carboxylic acids is 2. The third kappa shape index (κ3) is 4.82. The van der Waals surface area contributed by atoms with Gasteiger partial charge in [0.2, 0.25) is 0 Å². The van der Waals surface area contributed by atoms with Crippen LogP contribution in [0.3, 0.4) is 0 Å². The van der Waals surface area contributed by atoms with Gasteiger partial charge in [-0.25, -0.2) is 0 Å². The highest BCUT2D eigenvalue weighted by Crippen LogP contribution is 2.26. The average molecular weight is 400 g/mol. The molecule has 3 rings (SSSR count). The topological polar surface area (TPSA) is 80.3 Å². The highest BCUT2D eigenvalue weighted by Gasteiger charge is 2.31. The van der Waals surface area contributed by atoms with Crippen molar-refractivity contribution in [2.24, 2.45) is 0 Å². The Morgan fingerprint density at radius 2 is 1.81 bits per heavy atom. The summed E-state index contributed by atoms with van der Waals surface area (Å²) in [7, 11) is 3.10. The Bertz CT molecular complexity index is 658. The van der Waals surface area contributed by atoms with E-state index >= 15 is 0 Å². The molecule has 2 heterocycles. The number of morpholine rings is 1. The lowest BCUT2D eigenvalue weighted by molar-refractivity contribution is -0.146. The molecule has 0 bridgehead atoms. The highest BCUT2D eigenvalue weighted by atomic mass is 35.5. The van der Waals surface area contributed by atoms with Gasteiger partial charge in [-0.3, -0.25) is 9.59 Å². The molecule has 2 fully saturated rings. The number of hydrogen-bond acceptors (Lipinski definition) is 6. The lowest BCUT2D eigenvalue weighted by atomic mass is 10.1. The van der Waals surface area contributed by atoms with Crippen LogP contribution in [0.25, 0.3) is 0 Å². The predicted octanol–water partition coefficient (Wildman–Crippen LogP) is 0.398. The van der Waals surface area contributed by atoms with Gasteiger partial charge in [-0.2, -0.15) is 0 Å². The molecule has 2 aliphatic heterocycles. The second-order valence-corrected chi connectivity index (χ2v) is 6.25. The Balaban J connectivity index is 0.00000261. The summed E-state index contributed by atoms with van der Waals surface area (Å²) in [6.45, 7) is 3.84. The molecule has 1 aromatic rings. The number of hydrogen-bond donors (Lipinski definition) is 1. The van der Waals surface area contributed by atoms with E-state index in [1.807, 2.05) is 0 Å². The minimum Gasteiger partial charge on any atom is -0.497 e. The first-order valence-corrected chi connectivity index (χ1v) is 8.76. The molecule has 150 valence electrons. The fourth-order valence-corrected chi connectivity index (χ4v) is 3.20. The number of halogens is 1. The molecule has 2 amide bonds. The van der Waals surface area contributed by atoms with E-state index in [4.69, 9.17) is 14.2 Å². The van der Waals surface area contributed by atoms with Crippen molar-refractivity contribution in [2.75, 3.05) is 60.1 Å². The van der Waals surface area contributed by atoms with Gasteiger partial charge in [-0.1, -0.05) is 0 Å². The van der Waals surface area contributed by atoms with Crippen molar-refractivity contribution in [1.29, 1.82) is 0 Å². The number of benzene rings is 1. The Kier molecular flexibility index (Phi) is 7.70. The highest BCUT2D eigenvalue weighted by molar-refractivity contribution is 5.97. The number of piperazine rings is 1. The van der Waals surface area contributed by atoms with E-state index in [-0.39, 0.29) is 24.2 Å². The van der Waals surface area contributed by atoms with Crippen molar-refractivity contribution in [2.45, 2.75) is 6.10 Å². The van der Waals surface area contributed by atoms with E-state index < -0.39 is 6.10 Å². The average Bonchev–Trinajstić information content (AvgIpc) is 2.73. The first-order chi connectivity index (χ1) is 12.6. The number of carbonyl (C=O) groups is 2. The van der Waals surface area contributed by atoms with E-state index in [0.29, 0.717) is 56.4 Å². The van der Waals surface area contributed by atoms with Crippen LogP contribution >= 0.6 is 12.4 Å². The minimum atomic E-state index is -0.423. The van der Waals surface area contributed by atoms with Gasteiger partial charge < -0.3 is 29.3 Å². The van der Waals surface area contributed by atoms with E-state index in [0.717, 1.165) is 6.54 Å². The van der Waals surface area contributed by atoms with Crippen LogP contribution in [0.4, 0.5) is 0 Å². The molecule has 8 nitrogen and oxygen atoms in total. The molecule has 0 aliphatic carbocycles. The van der Waals surface area contributed by atoms with Crippen LogP contribution in [0.1, 0.15) is 10.4 Å². The summed E-state index contributed by atoms with van der Waals surface area (Å²) in [6.07, 6.45) is -0.423. The molecule has 2 saturated heterocycles. The second-order valence-electron chi connectivity index (χ2n) is 6.25. The van der Waals surface area contributed by atoms with Gasteiger partial charge in [0, 0.05) is 45.3 Å². The summed E-state index contributed by atoms with van der Waals surface area (Å²) < 4.78 is 16.0. The monoisotopic (exact) mass is 399 g/mol. The summed E-state index contributed by atoms with van der Waals surface area (Å²) in [5.41, 5.74) is 0.493. The summed E-state index contributed by atoms with van der Waals surface area (Å²) in [4.78, 5) is 28.8. The van der Waals surface area contributed by atoms with Crippen LogP contribution in [0.5, 0.6) is 11.5 Å². The third-order valence-corrected chi connectivity index (χ3v) is 4.72. The molecule has 1 aromatic carbocycles. The van der Waals surface area contributed by atoms with E-state index in [1.165, 1.54) is 7.11 Å². The number of ether oxygens (including phenoxy) is 3. The molecule has 9 heteroatoms. The normalized spacial score (nSPS) is 19.9. The predicted molar refractivity (Wildman–Crippen MR) is 102 cm³/mol. The number of methoxy groups -OCH3 is 2. The molecular weight excluding hydrogens is 374 g/mol. The molecule has 0 saturated carbocycles. The summed E-state index contributed by atoms with van der Waals surface area (Å²) in [5.74, 6) is 1.00. The van der Waals surface area contributed by atoms with Crippen molar-refractivity contribution in [3.05, 3.63) is 23.8 Å². The van der Waals surface area contributed by atoms with Crippen LogP contribution in [0, 0.1) is 0 Å². The molecule has 1 atom stereocenters. The van der Waals surface area contributed by atoms with Crippen molar-refractivity contribution in [1.82, 2.24) is 15.1 Å². The molecule has 0 spiro atoms. The first kappa shape index (κ1) is 21.3. The Morgan fingerprint density at radius 3 is 2.41 bits per heavy atom. The van der Waals surface area contributed by atoms with E-state index in [1.54, 1.807) is 35.1 Å². The molecule has 1 unspecified atom stereocenters. The van der Waals surface area contributed by atoms with E-state index in [2.05, 4.69) is 5.32 Å². The quantitative estimate of drug-likeness (QED) is 0.789. The number of nitrogens with zero attached hydrogens (tertiary/aromatic N) is 2. The summed E-state index contributed by atoms with van der Waals surface area (Å²) in [6, 6.07) is 5.14. The van der Waals surface area contributed by atoms with Gasteiger partial charge in [0.25, 0.3) is 11.8 Å².